The number of halogens is 1. The van der Waals surface area contributed by atoms with Crippen molar-refractivity contribution < 1.29 is 19.0 Å². The van der Waals surface area contributed by atoms with E-state index in [4.69, 9.17) is 25.8 Å². The molecule has 2 aliphatic heterocycles. The number of rotatable bonds is 5. The molecule has 0 aliphatic carbocycles. The molecule has 2 aromatic rings. The Morgan fingerprint density at radius 3 is 3.04 bits per heavy atom. The maximum atomic E-state index is 12.7. The van der Waals surface area contributed by atoms with E-state index >= 15 is 0 Å². The Bertz CT molecular complexity index is 919. The van der Waals surface area contributed by atoms with E-state index < -0.39 is 0 Å². The SMILES string of the molecule is O=C(OCc1cc(Cl)cc2c1OCOC2)c1ccccc1CSC1=NCCS1. The maximum absolute atomic E-state index is 12.7. The van der Waals surface area contributed by atoms with Crippen molar-refractivity contribution in [3.8, 4) is 5.75 Å². The van der Waals surface area contributed by atoms with Gasteiger partial charge in [-0.05, 0) is 23.8 Å². The number of nitrogens with zero attached hydrogens (tertiary/aromatic N) is 1. The summed E-state index contributed by atoms with van der Waals surface area (Å²) in [7, 11) is 0. The summed E-state index contributed by atoms with van der Waals surface area (Å²) in [6.07, 6.45) is 0. The van der Waals surface area contributed by atoms with Gasteiger partial charge in [0.1, 0.15) is 16.7 Å². The van der Waals surface area contributed by atoms with Gasteiger partial charge in [-0.15, -0.1) is 0 Å². The molecule has 0 radical (unpaired) electrons. The van der Waals surface area contributed by atoms with E-state index in [0.29, 0.717) is 28.7 Å². The molecule has 0 saturated heterocycles. The van der Waals surface area contributed by atoms with Crippen LogP contribution in [-0.2, 0) is 28.4 Å². The summed E-state index contributed by atoms with van der Waals surface area (Å²) in [6.45, 7) is 1.57. The molecule has 2 heterocycles. The van der Waals surface area contributed by atoms with Crippen molar-refractivity contribution >= 4 is 45.5 Å². The fourth-order valence-electron chi connectivity index (χ4n) is 2.97. The van der Waals surface area contributed by atoms with Gasteiger partial charge in [0.2, 0.25) is 0 Å². The molecule has 0 N–H and O–H groups in total. The van der Waals surface area contributed by atoms with Crippen LogP contribution in [0.4, 0.5) is 0 Å². The van der Waals surface area contributed by atoms with E-state index in [0.717, 1.165) is 33.4 Å². The Kier molecular flexibility index (Phi) is 6.47. The largest absolute Gasteiger partial charge is 0.467 e. The van der Waals surface area contributed by atoms with Crippen LogP contribution in [-0.4, -0.2) is 29.4 Å². The van der Waals surface area contributed by atoms with E-state index in [1.54, 1.807) is 41.7 Å². The monoisotopic (exact) mass is 435 g/mol. The second-order valence-electron chi connectivity index (χ2n) is 6.18. The summed E-state index contributed by atoms with van der Waals surface area (Å²) >= 11 is 9.59. The predicted molar refractivity (Wildman–Crippen MR) is 113 cm³/mol. The van der Waals surface area contributed by atoms with Crippen LogP contribution in [0.15, 0.2) is 41.4 Å². The van der Waals surface area contributed by atoms with Crippen molar-refractivity contribution in [1.29, 1.82) is 0 Å². The third kappa shape index (κ3) is 4.66. The molecular formula is C20H18ClNO4S2. The second-order valence-corrected chi connectivity index (χ2v) is 8.92. The maximum Gasteiger partial charge on any atom is 0.338 e. The van der Waals surface area contributed by atoms with Crippen molar-refractivity contribution in [2.24, 2.45) is 4.99 Å². The average Bonchev–Trinajstić information content (AvgIpc) is 3.24. The Morgan fingerprint density at radius 1 is 1.29 bits per heavy atom. The summed E-state index contributed by atoms with van der Waals surface area (Å²) in [5.74, 6) is 2.04. The minimum atomic E-state index is -0.363. The molecule has 0 bridgehead atoms. The fraction of sp³-hybridized carbons (Fsp3) is 0.300. The van der Waals surface area contributed by atoms with Crippen LogP contribution in [0, 0.1) is 0 Å². The van der Waals surface area contributed by atoms with E-state index in [2.05, 4.69) is 4.99 Å². The van der Waals surface area contributed by atoms with Crippen LogP contribution >= 0.6 is 35.1 Å². The molecule has 0 fully saturated rings. The number of carbonyl (C=O) groups excluding carboxylic acids is 1. The summed E-state index contributed by atoms with van der Waals surface area (Å²) in [4.78, 5) is 17.2. The first-order valence-electron chi connectivity index (χ1n) is 8.77. The highest BCUT2D eigenvalue weighted by molar-refractivity contribution is 8.38. The minimum Gasteiger partial charge on any atom is -0.467 e. The Hall–Kier alpha value is -1.67. The average molecular weight is 436 g/mol. The predicted octanol–water partition coefficient (Wildman–Crippen LogP) is 4.90. The zero-order chi connectivity index (χ0) is 19.3. The Labute approximate surface area is 176 Å². The van der Waals surface area contributed by atoms with Crippen LogP contribution in [0.1, 0.15) is 27.0 Å². The quantitative estimate of drug-likeness (QED) is 0.622. The van der Waals surface area contributed by atoms with Gasteiger partial charge in [0.05, 0.1) is 18.7 Å². The molecule has 2 aromatic carbocycles. The molecule has 0 saturated carbocycles. The number of benzene rings is 2. The minimum absolute atomic E-state index is 0.0891. The molecule has 0 spiro atoms. The molecule has 28 heavy (non-hydrogen) atoms. The number of thioether (sulfide) groups is 2. The summed E-state index contributed by atoms with van der Waals surface area (Å²) < 4.78 is 17.5. The summed E-state index contributed by atoms with van der Waals surface area (Å²) in [5.41, 5.74) is 3.10. The molecule has 4 rings (SSSR count). The van der Waals surface area contributed by atoms with Crippen LogP contribution in [0.25, 0.3) is 0 Å². The Morgan fingerprint density at radius 2 is 2.18 bits per heavy atom. The van der Waals surface area contributed by atoms with Gasteiger partial charge >= 0.3 is 5.97 Å². The summed E-state index contributed by atoms with van der Waals surface area (Å²) in [5, 5.41) is 0.561. The standard InChI is InChI=1S/C20H18ClNO4S2/c21-16-7-14-9-24-12-26-18(14)15(8-16)10-25-19(23)17-4-2-1-3-13(17)11-28-20-22-5-6-27-20/h1-4,7-8H,5-6,9-12H2. The fourth-order valence-corrected chi connectivity index (χ4v) is 5.25. The number of fused-ring (bicyclic) bond motifs is 1. The summed E-state index contributed by atoms with van der Waals surface area (Å²) in [6, 6.07) is 11.1. The van der Waals surface area contributed by atoms with E-state index in [1.807, 2.05) is 18.2 Å². The smallest absolute Gasteiger partial charge is 0.338 e. The number of hydrogen-bond donors (Lipinski definition) is 0. The van der Waals surface area contributed by atoms with Gasteiger partial charge in [0.25, 0.3) is 0 Å². The van der Waals surface area contributed by atoms with Crippen molar-refractivity contribution in [2.75, 3.05) is 19.1 Å². The highest BCUT2D eigenvalue weighted by Gasteiger charge is 2.19. The lowest BCUT2D eigenvalue weighted by Gasteiger charge is -2.21. The normalized spacial score (nSPS) is 15.5. The lowest BCUT2D eigenvalue weighted by atomic mass is 10.1. The van der Waals surface area contributed by atoms with E-state index in [9.17, 15) is 4.79 Å². The second kappa shape index (κ2) is 9.22. The zero-order valence-electron chi connectivity index (χ0n) is 15.0. The molecule has 0 unspecified atom stereocenters. The van der Waals surface area contributed by atoms with Gasteiger partial charge in [0.15, 0.2) is 6.79 Å². The Balaban J connectivity index is 1.45. The highest BCUT2D eigenvalue weighted by atomic mass is 35.5. The van der Waals surface area contributed by atoms with Gasteiger partial charge in [-0.1, -0.05) is 53.3 Å². The van der Waals surface area contributed by atoms with Gasteiger partial charge < -0.3 is 14.2 Å². The number of aliphatic imine (C=N–C) groups is 1. The van der Waals surface area contributed by atoms with Crippen LogP contribution in [0.5, 0.6) is 5.75 Å². The third-order valence-corrected chi connectivity index (χ3v) is 6.78. The first-order valence-corrected chi connectivity index (χ1v) is 11.1. The number of hydrogen-bond acceptors (Lipinski definition) is 7. The van der Waals surface area contributed by atoms with Crippen LogP contribution < -0.4 is 4.74 Å². The molecule has 2 aliphatic rings. The molecule has 0 atom stereocenters. The molecule has 8 heteroatoms. The topological polar surface area (TPSA) is 57.1 Å². The number of carbonyl (C=O) groups is 1. The van der Waals surface area contributed by atoms with Crippen molar-refractivity contribution in [1.82, 2.24) is 0 Å². The lowest BCUT2D eigenvalue weighted by molar-refractivity contribution is -0.0180. The van der Waals surface area contributed by atoms with Crippen LogP contribution in [0.3, 0.4) is 0 Å². The number of ether oxygens (including phenoxy) is 3. The lowest BCUT2D eigenvalue weighted by Crippen LogP contribution is -2.14. The van der Waals surface area contributed by atoms with Crippen molar-refractivity contribution in [3.05, 3.63) is 63.7 Å². The highest BCUT2D eigenvalue weighted by Crippen LogP contribution is 2.32. The van der Waals surface area contributed by atoms with Gasteiger partial charge in [-0.3, -0.25) is 4.99 Å². The van der Waals surface area contributed by atoms with Gasteiger partial charge in [-0.25, -0.2) is 4.79 Å². The molecule has 0 amide bonds. The van der Waals surface area contributed by atoms with E-state index in [1.165, 1.54) is 0 Å². The first kappa shape index (κ1) is 19.6. The molecule has 146 valence electrons. The zero-order valence-corrected chi connectivity index (χ0v) is 17.4. The first-order chi connectivity index (χ1) is 13.7. The van der Waals surface area contributed by atoms with Gasteiger partial charge in [-0.2, -0.15) is 0 Å². The molecule has 0 aromatic heterocycles. The number of esters is 1. The van der Waals surface area contributed by atoms with Gasteiger partial charge in [0, 0.05) is 27.7 Å². The third-order valence-electron chi connectivity index (χ3n) is 4.26. The van der Waals surface area contributed by atoms with Crippen LogP contribution in [0.2, 0.25) is 5.02 Å². The molecular weight excluding hydrogens is 418 g/mol. The van der Waals surface area contributed by atoms with Crippen molar-refractivity contribution in [2.45, 2.75) is 19.0 Å². The molecule has 5 nitrogen and oxygen atoms in total. The van der Waals surface area contributed by atoms with Crippen molar-refractivity contribution in [3.63, 3.8) is 0 Å². The van der Waals surface area contributed by atoms with E-state index in [-0.39, 0.29) is 19.4 Å².